The number of aromatic nitrogens is 1. The molecule has 1 aromatic heterocycles. The Morgan fingerprint density at radius 1 is 1.43 bits per heavy atom. The summed E-state index contributed by atoms with van der Waals surface area (Å²) >= 11 is 0. The summed E-state index contributed by atoms with van der Waals surface area (Å²) in [5, 5.41) is 1.18. The molecule has 2 N–H and O–H groups in total. The summed E-state index contributed by atoms with van der Waals surface area (Å²) in [7, 11) is 1.78. The van der Waals surface area contributed by atoms with E-state index in [1.54, 1.807) is 7.11 Å². The average molecular weight is 285 g/mol. The van der Waals surface area contributed by atoms with E-state index in [-0.39, 0.29) is 6.04 Å². The number of hydrogen-bond acceptors (Lipinski definition) is 4. The molecule has 1 aromatic carbocycles. The summed E-state index contributed by atoms with van der Waals surface area (Å²) in [6, 6.07) is 10.9. The van der Waals surface area contributed by atoms with Gasteiger partial charge >= 0.3 is 0 Å². The summed E-state index contributed by atoms with van der Waals surface area (Å²) in [6.07, 6.45) is 3.03. The van der Waals surface area contributed by atoms with E-state index < -0.39 is 0 Å². The number of hydrogen-bond donors (Lipinski definition) is 1. The Morgan fingerprint density at radius 3 is 3.14 bits per heavy atom. The lowest BCUT2D eigenvalue weighted by molar-refractivity contribution is 0.147. The number of benzene rings is 1. The first-order chi connectivity index (χ1) is 10.3. The fourth-order valence-corrected chi connectivity index (χ4v) is 3.31. The van der Waals surface area contributed by atoms with Gasteiger partial charge in [0, 0.05) is 37.8 Å². The number of nitrogens with zero attached hydrogens (tertiary/aromatic N) is 2. The Labute approximate surface area is 125 Å². The van der Waals surface area contributed by atoms with Crippen molar-refractivity contribution in [1.82, 2.24) is 9.88 Å². The smallest absolute Gasteiger partial charge is 0.0702 e. The number of ether oxygens (including phenoxy) is 1. The molecule has 2 atom stereocenters. The van der Waals surface area contributed by atoms with Gasteiger partial charge < -0.3 is 10.5 Å². The summed E-state index contributed by atoms with van der Waals surface area (Å²) in [6.45, 7) is 3.66. The molecule has 1 saturated heterocycles. The zero-order valence-electron chi connectivity index (χ0n) is 12.5. The van der Waals surface area contributed by atoms with Crippen molar-refractivity contribution in [1.29, 1.82) is 0 Å². The van der Waals surface area contributed by atoms with Gasteiger partial charge in [-0.3, -0.25) is 9.88 Å². The number of likely N-dealkylation sites (tertiary alicyclic amines) is 1. The van der Waals surface area contributed by atoms with E-state index in [1.165, 1.54) is 17.4 Å². The molecule has 3 rings (SSSR count). The highest BCUT2D eigenvalue weighted by Crippen LogP contribution is 2.28. The molecule has 0 amide bonds. The van der Waals surface area contributed by atoms with Crippen molar-refractivity contribution in [3.63, 3.8) is 0 Å². The first-order valence-corrected chi connectivity index (χ1v) is 7.59. The van der Waals surface area contributed by atoms with E-state index in [1.807, 2.05) is 12.3 Å². The van der Waals surface area contributed by atoms with Gasteiger partial charge in [-0.05, 0) is 42.6 Å². The number of rotatable bonds is 5. The molecule has 112 valence electrons. The topological polar surface area (TPSA) is 51.4 Å². The molecule has 1 fully saturated rings. The fraction of sp³-hybridized carbons (Fsp3) is 0.471. The standard InChI is InChI=1S/C17H23N3O/c1-21-12-13-6-8-20(11-13)17(10-18)15-4-5-16-14(9-15)3-2-7-19-16/h2-5,7,9,13,17H,6,8,10-12,18H2,1H3. The molecular weight excluding hydrogens is 262 g/mol. The van der Waals surface area contributed by atoms with Crippen molar-refractivity contribution in [3.05, 3.63) is 42.1 Å². The first-order valence-electron chi connectivity index (χ1n) is 7.59. The Bertz CT molecular complexity index is 601. The highest BCUT2D eigenvalue weighted by molar-refractivity contribution is 5.79. The Balaban J connectivity index is 1.81. The molecule has 21 heavy (non-hydrogen) atoms. The molecule has 0 bridgehead atoms. The second kappa shape index (κ2) is 6.52. The fourth-order valence-electron chi connectivity index (χ4n) is 3.31. The van der Waals surface area contributed by atoms with Crippen LogP contribution in [0.3, 0.4) is 0 Å². The first kappa shape index (κ1) is 14.4. The molecular formula is C17H23N3O. The van der Waals surface area contributed by atoms with Crippen molar-refractivity contribution >= 4 is 10.9 Å². The van der Waals surface area contributed by atoms with E-state index in [2.05, 4.69) is 34.1 Å². The molecule has 0 spiro atoms. The lowest BCUT2D eigenvalue weighted by Gasteiger charge is -2.27. The maximum Gasteiger partial charge on any atom is 0.0702 e. The van der Waals surface area contributed by atoms with Crippen LogP contribution < -0.4 is 5.73 Å². The second-order valence-electron chi connectivity index (χ2n) is 5.81. The van der Waals surface area contributed by atoms with Crippen LogP contribution in [0.25, 0.3) is 10.9 Å². The molecule has 1 aliphatic rings. The monoisotopic (exact) mass is 285 g/mol. The van der Waals surface area contributed by atoms with Crippen molar-refractivity contribution in [2.24, 2.45) is 11.7 Å². The van der Waals surface area contributed by atoms with Gasteiger partial charge in [0.15, 0.2) is 0 Å². The third-order valence-corrected chi connectivity index (χ3v) is 4.40. The number of nitrogens with two attached hydrogens (primary N) is 1. The van der Waals surface area contributed by atoms with Crippen LogP contribution in [0.5, 0.6) is 0 Å². The predicted molar refractivity (Wildman–Crippen MR) is 85.1 cm³/mol. The summed E-state index contributed by atoms with van der Waals surface area (Å²) < 4.78 is 5.28. The third-order valence-electron chi connectivity index (χ3n) is 4.40. The van der Waals surface area contributed by atoms with Crippen LogP contribution in [0.15, 0.2) is 36.5 Å². The Morgan fingerprint density at radius 2 is 2.33 bits per heavy atom. The van der Waals surface area contributed by atoms with E-state index in [0.717, 1.165) is 25.2 Å². The number of pyridine rings is 1. The zero-order chi connectivity index (χ0) is 14.7. The van der Waals surface area contributed by atoms with Crippen molar-refractivity contribution in [2.45, 2.75) is 12.5 Å². The molecule has 2 aromatic rings. The van der Waals surface area contributed by atoms with E-state index in [0.29, 0.717) is 12.5 Å². The molecule has 0 saturated carbocycles. The van der Waals surface area contributed by atoms with Crippen LogP contribution in [0.2, 0.25) is 0 Å². The predicted octanol–water partition coefficient (Wildman–Crippen LogP) is 2.20. The lowest BCUT2D eigenvalue weighted by Crippen LogP contribution is -2.32. The molecule has 1 aliphatic heterocycles. The van der Waals surface area contributed by atoms with Gasteiger partial charge in [-0.25, -0.2) is 0 Å². The van der Waals surface area contributed by atoms with Gasteiger partial charge in [0.1, 0.15) is 0 Å². The van der Waals surface area contributed by atoms with Crippen LogP contribution >= 0.6 is 0 Å². The largest absolute Gasteiger partial charge is 0.384 e. The Hall–Kier alpha value is -1.49. The lowest BCUT2D eigenvalue weighted by atomic mass is 10.0. The number of methoxy groups -OCH3 is 1. The van der Waals surface area contributed by atoms with Gasteiger partial charge in [-0.15, -0.1) is 0 Å². The molecule has 4 nitrogen and oxygen atoms in total. The molecule has 2 unspecified atom stereocenters. The molecule has 4 heteroatoms. The second-order valence-corrected chi connectivity index (χ2v) is 5.81. The van der Waals surface area contributed by atoms with Crippen molar-refractivity contribution in [3.8, 4) is 0 Å². The van der Waals surface area contributed by atoms with Crippen molar-refractivity contribution in [2.75, 3.05) is 33.4 Å². The van der Waals surface area contributed by atoms with Gasteiger partial charge in [-0.2, -0.15) is 0 Å². The van der Waals surface area contributed by atoms with Crippen LogP contribution in [0.1, 0.15) is 18.0 Å². The average Bonchev–Trinajstić information content (AvgIpc) is 2.97. The van der Waals surface area contributed by atoms with E-state index >= 15 is 0 Å². The maximum absolute atomic E-state index is 6.06. The van der Waals surface area contributed by atoms with Gasteiger partial charge in [0.25, 0.3) is 0 Å². The zero-order valence-corrected chi connectivity index (χ0v) is 12.5. The normalized spacial score (nSPS) is 21.0. The van der Waals surface area contributed by atoms with E-state index in [4.69, 9.17) is 10.5 Å². The van der Waals surface area contributed by atoms with Crippen LogP contribution in [0.4, 0.5) is 0 Å². The third kappa shape index (κ3) is 3.07. The van der Waals surface area contributed by atoms with Gasteiger partial charge in [0.2, 0.25) is 0 Å². The SMILES string of the molecule is COCC1CCN(C(CN)c2ccc3ncccc3c2)C1. The summed E-state index contributed by atoms with van der Waals surface area (Å²) in [5.74, 6) is 0.631. The van der Waals surface area contributed by atoms with Crippen LogP contribution in [-0.4, -0.2) is 43.2 Å². The Kier molecular flexibility index (Phi) is 4.48. The minimum Gasteiger partial charge on any atom is -0.384 e. The van der Waals surface area contributed by atoms with E-state index in [9.17, 15) is 0 Å². The maximum atomic E-state index is 6.06. The molecule has 0 aliphatic carbocycles. The molecule has 0 radical (unpaired) electrons. The van der Waals surface area contributed by atoms with Gasteiger partial charge in [-0.1, -0.05) is 12.1 Å². The molecule has 2 heterocycles. The minimum absolute atomic E-state index is 0.288. The van der Waals surface area contributed by atoms with Crippen LogP contribution in [-0.2, 0) is 4.74 Å². The summed E-state index contributed by atoms with van der Waals surface area (Å²) in [4.78, 5) is 6.87. The van der Waals surface area contributed by atoms with Crippen LogP contribution in [0, 0.1) is 5.92 Å². The number of fused-ring (bicyclic) bond motifs is 1. The summed E-state index contributed by atoms with van der Waals surface area (Å²) in [5.41, 5.74) is 8.39. The quantitative estimate of drug-likeness (QED) is 0.915. The van der Waals surface area contributed by atoms with Crippen molar-refractivity contribution < 1.29 is 4.74 Å². The highest BCUT2D eigenvalue weighted by Gasteiger charge is 2.28. The minimum atomic E-state index is 0.288. The van der Waals surface area contributed by atoms with Gasteiger partial charge in [0.05, 0.1) is 12.1 Å². The highest BCUT2D eigenvalue weighted by atomic mass is 16.5.